The third kappa shape index (κ3) is 1.81. The molecule has 0 saturated carbocycles. The van der Waals surface area contributed by atoms with Crippen molar-refractivity contribution in [2.45, 2.75) is 6.42 Å². The quantitative estimate of drug-likeness (QED) is 0.689. The molecule has 0 atom stereocenters. The fourth-order valence-corrected chi connectivity index (χ4v) is 1.95. The van der Waals surface area contributed by atoms with E-state index in [1.54, 1.807) is 30.1 Å². The average Bonchev–Trinajstić information content (AvgIpc) is 2.62. The van der Waals surface area contributed by atoms with Crippen LogP contribution in [-0.2, 0) is 20.8 Å². The molecule has 0 unspecified atom stereocenters. The van der Waals surface area contributed by atoms with Gasteiger partial charge in [0.15, 0.2) is 0 Å². The minimum absolute atomic E-state index is 0.00558. The summed E-state index contributed by atoms with van der Waals surface area (Å²) >= 11 is 0. The maximum Gasteiger partial charge on any atom is 0.315 e. The second kappa shape index (κ2) is 4.14. The molecule has 0 bridgehead atoms. The SMILES string of the molecule is CN(C(=O)C(N)=O)c1ccc2c(c1)CC(=O)N2C. The lowest BCUT2D eigenvalue weighted by Crippen LogP contribution is -2.37. The number of benzene rings is 1. The minimum atomic E-state index is -1.01. The number of anilines is 2. The van der Waals surface area contributed by atoms with Crippen LogP contribution in [0, 0.1) is 0 Å². The van der Waals surface area contributed by atoms with Gasteiger partial charge in [-0.1, -0.05) is 0 Å². The number of fused-ring (bicyclic) bond motifs is 1. The van der Waals surface area contributed by atoms with Crippen LogP contribution in [0.4, 0.5) is 11.4 Å². The number of carbonyl (C=O) groups is 3. The van der Waals surface area contributed by atoms with Crippen molar-refractivity contribution in [3.8, 4) is 0 Å². The molecule has 0 radical (unpaired) electrons. The van der Waals surface area contributed by atoms with Crippen LogP contribution in [0.15, 0.2) is 18.2 Å². The van der Waals surface area contributed by atoms with Crippen LogP contribution in [0.5, 0.6) is 0 Å². The van der Waals surface area contributed by atoms with Crippen molar-refractivity contribution < 1.29 is 14.4 Å². The van der Waals surface area contributed by atoms with Gasteiger partial charge in [-0.05, 0) is 23.8 Å². The molecule has 0 spiro atoms. The number of primary amides is 1. The minimum Gasteiger partial charge on any atom is -0.361 e. The Bertz CT molecular complexity index is 553. The van der Waals surface area contributed by atoms with Gasteiger partial charge in [0, 0.05) is 25.5 Å². The summed E-state index contributed by atoms with van der Waals surface area (Å²) in [6.07, 6.45) is 0.304. The molecule has 1 heterocycles. The molecule has 0 saturated heterocycles. The molecule has 2 rings (SSSR count). The smallest absolute Gasteiger partial charge is 0.315 e. The zero-order chi connectivity index (χ0) is 13.4. The van der Waals surface area contributed by atoms with Crippen LogP contribution >= 0.6 is 0 Å². The van der Waals surface area contributed by atoms with E-state index in [1.165, 1.54) is 11.9 Å². The van der Waals surface area contributed by atoms with Crippen molar-refractivity contribution in [3.05, 3.63) is 23.8 Å². The van der Waals surface area contributed by atoms with Crippen LogP contribution in [0.1, 0.15) is 5.56 Å². The summed E-state index contributed by atoms with van der Waals surface area (Å²) in [5.74, 6) is -1.79. The van der Waals surface area contributed by atoms with Crippen LogP contribution in [0.2, 0.25) is 0 Å². The van der Waals surface area contributed by atoms with E-state index < -0.39 is 11.8 Å². The van der Waals surface area contributed by atoms with Gasteiger partial charge in [0.2, 0.25) is 5.91 Å². The third-order valence-corrected chi connectivity index (χ3v) is 3.04. The van der Waals surface area contributed by atoms with Gasteiger partial charge in [-0.15, -0.1) is 0 Å². The number of amides is 3. The van der Waals surface area contributed by atoms with Gasteiger partial charge in [0.25, 0.3) is 0 Å². The largest absolute Gasteiger partial charge is 0.361 e. The lowest BCUT2D eigenvalue weighted by molar-refractivity contribution is -0.135. The van der Waals surface area contributed by atoms with E-state index in [0.717, 1.165) is 11.3 Å². The molecule has 94 valence electrons. The highest BCUT2D eigenvalue weighted by Crippen LogP contribution is 2.30. The molecule has 1 aromatic carbocycles. The first-order valence-corrected chi connectivity index (χ1v) is 5.39. The molecule has 6 nitrogen and oxygen atoms in total. The highest BCUT2D eigenvalue weighted by Gasteiger charge is 2.25. The predicted octanol–water partition coefficient (Wildman–Crippen LogP) is -0.346. The maximum absolute atomic E-state index is 11.5. The first-order chi connectivity index (χ1) is 8.41. The van der Waals surface area contributed by atoms with Crippen LogP contribution in [0.25, 0.3) is 0 Å². The van der Waals surface area contributed by atoms with Crippen LogP contribution in [-0.4, -0.2) is 31.8 Å². The van der Waals surface area contributed by atoms with Crippen molar-refractivity contribution in [3.63, 3.8) is 0 Å². The standard InChI is InChI=1S/C12H13N3O3/c1-14(12(18)11(13)17)8-3-4-9-7(5-8)6-10(16)15(9)2/h3-5H,6H2,1-2H3,(H2,13,17). The van der Waals surface area contributed by atoms with Gasteiger partial charge in [-0.3, -0.25) is 14.4 Å². The molecule has 1 aromatic rings. The Morgan fingerprint density at radius 1 is 1.39 bits per heavy atom. The zero-order valence-corrected chi connectivity index (χ0v) is 10.1. The zero-order valence-electron chi connectivity index (χ0n) is 10.1. The second-order valence-electron chi connectivity index (χ2n) is 4.17. The molecule has 2 N–H and O–H groups in total. The van der Waals surface area contributed by atoms with Crippen molar-refractivity contribution in [2.75, 3.05) is 23.9 Å². The molecule has 1 aliphatic heterocycles. The Balaban J connectivity index is 2.34. The Hall–Kier alpha value is -2.37. The van der Waals surface area contributed by atoms with Gasteiger partial charge >= 0.3 is 11.8 Å². The Morgan fingerprint density at radius 3 is 2.67 bits per heavy atom. The number of rotatable bonds is 1. The van der Waals surface area contributed by atoms with Crippen LogP contribution < -0.4 is 15.5 Å². The van der Waals surface area contributed by atoms with Crippen molar-refractivity contribution in [2.24, 2.45) is 5.73 Å². The average molecular weight is 247 g/mol. The number of nitrogens with zero attached hydrogens (tertiary/aromatic N) is 2. The van der Waals surface area contributed by atoms with E-state index in [0.29, 0.717) is 12.1 Å². The van der Waals surface area contributed by atoms with Crippen LogP contribution in [0.3, 0.4) is 0 Å². The van der Waals surface area contributed by atoms with E-state index in [9.17, 15) is 14.4 Å². The van der Waals surface area contributed by atoms with E-state index in [2.05, 4.69) is 0 Å². The Labute approximate surface area is 104 Å². The molecule has 0 aliphatic carbocycles. The molecule has 0 aromatic heterocycles. The van der Waals surface area contributed by atoms with Gasteiger partial charge in [-0.25, -0.2) is 0 Å². The summed E-state index contributed by atoms with van der Waals surface area (Å²) < 4.78 is 0. The first kappa shape index (κ1) is 12.1. The number of carbonyl (C=O) groups excluding carboxylic acids is 3. The highest BCUT2D eigenvalue weighted by molar-refractivity contribution is 6.39. The summed E-state index contributed by atoms with van der Waals surface area (Å²) in [6.45, 7) is 0. The molecule has 1 aliphatic rings. The molecule has 3 amide bonds. The monoisotopic (exact) mass is 247 g/mol. The maximum atomic E-state index is 11.5. The summed E-state index contributed by atoms with van der Waals surface area (Å²) in [7, 11) is 3.17. The topological polar surface area (TPSA) is 83.7 Å². The van der Waals surface area contributed by atoms with Gasteiger partial charge in [-0.2, -0.15) is 0 Å². The summed E-state index contributed by atoms with van der Waals surface area (Å²) in [6, 6.07) is 5.15. The normalized spacial score (nSPS) is 13.4. The molecule has 0 fully saturated rings. The van der Waals surface area contributed by atoms with Gasteiger partial charge in [0.1, 0.15) is 0 Å². The lowest BCUT2D eigenvalue weighted by Gasteiger charge is -2.17. The molecule has 18 heavy (non-hydrogen) atoms. The summed E-state index contributed by atoms with van der Waals surface area (Å²) in [4.78, 5) is 36.5. The molecular formula is C12H13N3O3. The van der Waals surface area contributed by atoms with E-state index >= 15 is 0 Å². The molecule has 6 heteroatoms. The summed E-state index contributed by atoms with van der Waals surface area (Å²) in [5, 5.41) is 0. The van der Waals surface area contributed by atoms with Gasteiger partial charge in [0.05, 0.1) is 6.42 Å². The first-order valence-electron chi connectivity index (χ1n) is 5.39. The summed E-state index contributed by atoms with van der Waals surface area (Å²) in [5.41, 5.74) is 7.14. The number of likely N-dealkylation sites (N-methyl/N-ethyl adjacent to an activating group) is 2. The Morgan fingerprint density at radius 2 is 2.06 bits per heavy atom. The fraction of sp³-hybridized carbons (Fsp3) is 0.250. The van der Waals surface area contributed by atoms with E-state index in [4.69, 9.17) is 5.73 Å². The number of hydrogen-bond acceptors (Lipinski definition) is 3. The van der Waals surface area contributed by atoms with Crippen molar-refractivity contribution >= 4 is 29.1 Å². The Kier molecular flexibility index (Phi) is 2.78. The van der Waals surface area contributed by atoms with Crippen molar-refractivity contribution in [1.29, 1.82) is 0 Å². The van der Waals surface area contributed by atoms with E-state index in [-0.39, 0.29) is 5.91 Å². The molecular weight excluding hydrogens is 234 g/mol. The highest BCUT2D eigenvalue weighted by atomic mass is 16.2. The number of nitrogens with two attached hydrogens (primary N) is 1. The fourth-order valence-electron chi connectivity index (χ4n) is 1.95. The van der Waals surface area contributed by atoms with Gasteiger partial charge < -0.3 is 15.5 Å². The van der Waals surface area contributed by atoms with Crippen molar-refractivity contribution in [1.82, 2.24) is 0 Å². The second-order valence-corrected chi connectivity index (χ2v) is 4.17. The predicted molar refractivity (Wildman–Crippen MR) is 66.2 cm³/mol. The lowest BCUT2D eigenvalue weighted by atomic mass is 10.1. The number of hydrogen-bond donors (Lipinski definition) is 1. The van der Waals surface area contributed by atoms with E-state index in [1.807, 2.05) is 0 Å². The third-order valence-electron chi connectivity index (χ3n) is 3.04.